The van der Waals surface area contributed by atoms with Gasteiger partial charge in [-0.15, -0.1) is 0 Å². The molecule has 4 rings (SSSR count). The zero-order valence-electron chi connectivity index (χ0n) is 15.8. The average Bonchev–Trinajstić information content (AvgIpc) is 2.74. The van der Waals surface area contributed by atoms with Gasteiger partial charge in [0.2, 0.25) is 0 Å². The highest BCUT2D eigenvalue weighted by atomic mass is 19.1. The Kier molecular flexibility index (Phi) is 4.98. The van der Waals surface area contributed by atoms with E-state index in [0.717, 1.165) is 33.2 Å². The Morgan fingerprint density at radius 3 is 1.96 bits per heavy atom. The van der Waals surface area contributed by atoms with Gasteiger partial charge in [0.1, 0.15) is 24.0 Å². The fraction of sp³-hybridized carbons (Fsp3) is 0.174. The lowest BCUT2D eigenvalue weighted by molar-refractivity contribution is 0.349. The number of benzene rings is 3. The number of nitrogens with zero attached hydrogens (tertiary/aromatic N) is 2. The lowest BCUT2D eigenvalue weighted by Gasteiger charge is -2.31. The van der Waals surface area contributed by atoms with E-state index in [1.165, 1.54) is 12.1 Å². The van der Waals surface area contributed by atoms with E-state index in [0.29, 0.717) is 6.67 Å². The van der Waals surface area contributed by atoms with Crippen molar-refractivity contribution in [2.45, 2.75) is 6.04 Å². The summed E-state index contributed by atoms with van der Waals surface area (Å²) in [6.07, 6.45) is 1.98. The number of methoxy groups -OCH3 is 2. The second kappa shape index (κ2) is 7.72. The van der Waals surface area contributed by atoms with Crippen LogP contribution in [-0.2, 0) is 0 Å². The molecule has 0 amide bonds. The summed E-state index contributed by atoms with van der Waals surface area (Å²) in [6, 6.07) is 20.6. The molecule has 142 valence electrons. The SMILES string of the molecule is COc1ccc(C(c2ccc(OC)cc2)N2C=c3cc(F)ccc3=NC2)cc1. The maximum Gasteiger partial charge on any atom is 0.124 e. The van der Waals surface area contributed by atoms with Gasteiger partial charge < -0.3 is 14.4 Å². The molecule has 0 spiro atoms. The topological polar surface area (TPSA) is 34.1 Å². The fourth-order valence-electron chi connectivity index (χ4n) is 3.45. The summed E-state index contributed by atoms with van der Waals surface area (Å²) in [4.78, 5) is 6.75. The van der Waals surface area contributed by atoms with Gasteiger partial charge in [-0.3, -0.25) is 4.99 Å². The number of hydrogen-bond acceptors (Lipinski definition) is 4. The first kappa shape index (κ1) is 18.0. The third kappa shape index (κ3) is 3.56. The van der Waals surface area contributed by atoms with Gasteiger partial charge in [0.15, 0.2) is 0 Å². The highest BCUT2D eigenvalue weighted by Gasteiger charge is 2.21. The number of ether oxygens (including phenoxy) is 2. The van der Waals surface area contributed by atoms with Crippen molar-refractivity contribution in [1.82, 2.24) is 4.90 Å². The molecule has 1 heterocycles. The number of hydrogen-bond donors (Lipinski definition) is 0. The van der Waals surface area contributed by atoms with Crippen LogP contribution >= 0.6 is 0 Å². The maximum atomic E-state index is 13.7. The summed E-state index contributed by atoms with van der Waals surface area (Å²) < 4.78 is 24.3. The monoisotopic (exact) mass is 376 g/mol. The molecular formula is C23H21FN2O2. The van der Waals surface area contributed by atoms with E-state index in [1.807, 2.05) is 54.7 Å². The van der Waals surface area contributed by atoms with Crippen molar-refractivity contribution in [1.29, 1.82) is 0 Å². The highest BCUT2D eigenvalue weighted by molar-refractivity contribution is 5.41. The molecule has 0 saturated carbocycles. The Hall–Kier alpha value is -3.34. The van der Waals surface area contributed by atoms with E-state index in [2.05, 4.69) is 9.89 Å². The third-order valence-corrected chi connectivity index (χ3v) is 4.89. The van der Waals surface area contributed by atoms with Crippen LogP contribution < -0.4 is 20.0 Å². The second-order valence-corrected chi connectivity index (χ2v) is 6.59. The molecule has 0 radical (unpaired) electrons. The minimum Gasteiger partial charge on any atom is -0.497 e. The van der Waals surface area contributed by atoms with Crippen LogP contribution in [0, 0.1) is 5.82 Å². The van der Waals surface area contributed by atoms with Crippen molar-refractivity contribution in [2.24, 2.45) is 4.99 Å². The van der Waals surface area contributed by atoms with E-state index < -0.39 is 0 Å². The molecule has 1 aliphatic heterocycles. The fourth-order valence-corrected chi connectivity index (χ4v) is 3.45. The van der Waals surface area contributed by atoms with Crippen LogP contribution in [0.5, 0.6) is 11.5 Å². The van der Waals surface area contributed by atoms with Gasteiger partial charge in [0.25, 0.3) is 0 Å². The van der Waals surface area contributed by atoms with E-state index in [4.69, 9.17) is 9.47 Å². The van der Waals surface area contributed by atoms with Crippen LogP contribution in [0.3, 0.4) is 0 Å². The second-order valence-electron chi connectivity index (χ2n) is 6.59. The largest absolute Gasteiger partial charge is 0.497 e. The Balaban J connectivity index is 1.80. The number of halogens is 1. The Morgan fingerprint density at radius 1 is 0.857 bits per heavy atom. The molecule has 0 aliphatic carbocycles. The van der Waals surface area contributed by atoms with Crippen LogP contribution in [0.1, 0.15) is 17.2 Å². The predicted octanol–water partition coefficient (Wildman–Crippen LogP) is 3.26. The number of rotatable bonds is 5. The summed E-state index contributed by atoms with van der Waals surface area (Å²) >= 11 is 0. The summed E-state index contributed by atoms with van der Waals surface area (Å²) in [5, 5.41) is 1.58. The molecule has 0 saturated heterocycles. The summed E-state index contributed by atoms with van der Waals surface area (Å²) in [5.41, 5.74) is 2.19. The molecule has 0 unspecified atom stereocenters. The van der Waals surface area contributed by atoms with E-state index in [1.54, 1.807) is 20.3 Å². The number of fused-ring (bicyclic) bond motifs is 1. The summed E-state index contributed by atoms with van der Waals surface area (Å²) in [5.74, 6) is 1.34. The normalized spacial score (nSPS) is 12.8. The maximum absolute atomic E-state index is 13.7. The predicted molar refractivity (Wildman–Crippen MR) is 106 cm³/mol. The molecule has 28 heavy (non-hydrogen) atoms. The van der Waals surface area contributed by atoms with Gasteiger partial charge in [-0.25, -0.2) is 4.39 Å². The Labute approximate surface area is 163 Å². The first-order valence-electron chi connectivity index (χ1n) is 9.03. The van der Waals surface area contributed by atoms with E-state index in [-0.39, 0.29) is 11.9 Å². The van der Waals surface area contributed by atoms with Gasteiger partial charge in [0.05, 0.1) is 25.6 Å². The third-order valence-electron chi connectivity index (χ3n) is 4.89. The standard InChI is InChI=1S/C23H21FN2O2/c1-27-20-8-3-16(4-9-20)23(17-5-10-21(28-2)11-6-17)26-14-18-13-19(24)7-12-22(18)25-15-26/h3-14,23H,15H2,1-2H3. The smallest absolute Gasteiger partial charge is 0.124 e. The first-order chi connectivity index (χ1) is 13.7. The first-order valence-corrected chi connectivity index (χ1v) is 9.03. The Morgan fingerprint density at radius 2 is 1.43 bits per heavy atom. The highest BCUT2D eigenvalue weighted by Crippen LogP contribution is 2.31. The van der Waals surface area contributed by atoms with Gasteiger partial charge in [-0.2, -0.15) is 0 Å². The zero-order chi connectivity index (χ0) is 19.5. The molecule has 0 fully saturated rings. The van der Waals surface area contributed by atoms with Crippen LogP contribution in [0.25, 0.3) is 6.20 Å². The Bertz CT molecular complexity index is 1030. The zero-order valence-corrected chi connectivity index (χ0v) is 15.8. The van der Waals surface area contributed by atoms with Crippen LogP contribution in [0.4, 0.5) is 4.39 Å². The summed E-state index contributed by atoms with van der Waals surface area (Å²) in [6.45, 7) is 0.487. The van der Waals surface area contributed by atoms with Crippen LogP contribution in [0.2, 0.25) is 0 Å². The van der Waals surface area contributed by atoms with Crippen LogP contribution in [0.15, 0.2) is 71.7 Å². The van der Waals surface area contributed by atoms with Crippen molar-refractivity contribution in [2.75, 3.05) is 20.9 Å². The molecule has 0 bridgehead atoms. The lowest BCUT2D eigenvalue weighted by atomic mass is 9.97. The molecule has 3 aromatic rings. The van der Waals surface area contributed by atoms with Crippen LogP contribution in [-0.4, -0.2) is 25.8 Å². The van der Waals surface area contributed by atoms with E-state index >= 15 is 0 Å². The van der Waals surface area contributed by atoms with Crippen molar-refractivity contribution in [3.05, 3.63) is 94.3 Å². The molecule has 0 N–H and O–H groups in total. The molecular weight excluding hydrogens is 355 g/mol. The quantitative estimate of drug-likeness (QED) is 0.685. The van der Waals surface area contributed by atoms with E-state index in [9.17, 15) is 4.39 Å². The molecule has 0 atom stereocenters. The minimum atomic E-state index is -0.266. The van der Waals surface area contributed by atoms with Gasteiger partial charge in [0, 0.05) is 11.4 Å². The van der Waals surface area contributed by atoms with Gasteiger partial charge >= 0.3 is 0 Å². The van der Waals surface area contributed by atoms with Gasteiger partial charge in [-0.05, 0) is 53.6 Å². The van der Waals surface area contributed by atoms with Crippen molar-refractivity contribution in [3.8, 4) is 11.5 Å². The summed E-state index contributed by atoms with van der Waals surface area (Å²) in [7, 11) is 3.30. The van der Waals surface area contributed by atoms with Crippen molar-refractivity contribution in [3.63, 3.8) is 0 Å². The molecule has 3 aromatic carbocycles. The van der Waals surface area contributed by atoms with Crippen molar-refractivity contribution < 1.29 is 13.9 Å². The average molecular weight is 376 g/mol. The molecule has 5 heteroatoms. The lowest BCUT2D eigenvalue weighted by Crippen LogP contribution is -2.38. The molecule has 1 aliphatic rings. The van der Waals surface area contributed by atoms with Crippen molar-refractivity contribution >= 4 is 6.20 Å². The minimum absolute atomic E-state index is 0.0722. The molecule has 4 nitrogen and oxygen atoms in total. The van der Waals surface area contributed by atoms with Gasteiger partial charge in [-0.1, -0.05) is 24.3 Å². The molecule has 0 aromatic heterocycles.